The van der Waals surface area contributed by atoms with Gasteiger partial charge in [0.2, 0.25) is 0 Å². The molecule has 1 unspecified atom stereocenters. The van der Waals surface area contributed by atoms with Gasteiger partial charge in [0, 0.05) is 13.0 Å². The minimum absolute atomic E-state index is 0.0280. The average molecular weight is 361 g/mol. The zero-order valence-electron chi connectivity index (χ0n) is 17.3. The van der Waals surface area contributed by atoms with Crippen LogP contribution in [0.5, 0.6) is 0 Å². The molecule has 0 saturated heterocycles. The Morgan fingerprint density at radius 2 is 1.28 bits per heavy atom. The molecule has 0 amide bonds. The van der Waals surface area contributed by atoms with Crippen molar-refractivity contribution >= 4 is 5.97 Å². The van der Waals surface area contributed by atoms with Crippen molar-refractivity contribution in [3.63, 3.8) is 0 Å². The van der Waals surface area contributed by atoms with Gasteiger partial charge in [-0.3, -0.25) is 4.79 Å². The number of carbonyl (C=O) groups is 1. The smallest absolute Gasteiger partial charge is 0.306 e. The Balaban J connectivity index is 0. The summed E-state index contributed by atoms with van der Waals surface area (Å²) in [5.74, 6) is -0.0362. The summed E-state index contributed by atoms with van der Waals surface area (Å²) in [6.45, 7) is 7.79. The van der Waals surface area contributed by atoms with E-state index in [0.717, 1.165) is 6.42 Å². The highest BCUT2D eigenvalue weighted by Gasteiger charge is 2.04. The van der Waals surface area contributed by atoms with Crippen LogP contribution in [-0.4, -0.2) is 35.0 Å². The molecule has 0 aliphatic rings. The molecule has 0 aromatic heterocycles. The fraction of sp³-hybridized carbons (Fsp3) is 0.952. The largest absolute Gasteiger partial charge is 0.463 e. The first kappa shape index (κ1) is 26.6. The van der Waals surface area contributed by atoms with E-state index in [1.807, 2.05) is 13.8 Å². The van der Waals surface area contributed by atoms with Gasteiger partial charge in [-0.15, -0.1) is 0 Å². The van der Waals surface area contributed by atoms with Crippen molar-refractivity contribution < 1.29 is 19.7 Å². The number of rotatable bonds is 15. The van der Waals surface area contributed by atoms with E-state index in [-0.39, 0.29) is 24.8 Å². The topological polar surface area (TPSA) is 66.8 Å². The monoisotopic (exact) mass is 360 g/mol. The number of esters is 1. The van der Waals surface area contributed by atoms with Crippen LogP contribution in [-0.2, 0) is 9.53 Å². The first-order chi connectivity index (χ1) is 11.9. The second kappa shape index (κ2) is 21.4. The number of unbranched alkanes of at least 4 members (excludes halogenated alkanes) is 10. The molecule has 4 nitrogen and oxygen atoms in total. The number of aliphatic hydroxyl groups is 2. The molecule has 0 aromatic carbocycles. The van der Waals surface area contributed by atoms with Crippen molar-refractivity contribution in [1.82, 2.24) is 0 Å². The van der Waals surface area contributed by atoms with E-state index in [9.17, 15) is 4.79 Å². The first-order valence-electron chi connectivity index (χ1n) is 10.4. The third-order valence-electron chi connectivity index (χ3n) is 3.90. The third kappa shape index (κ3) is 28.5. The SMILES string of the molecule is CC(O)CCO.CCCCCCCCCCCCCC(=O)OC(C)C. The molecule has 25 heavy (non-hydrogen) atoms. The minimum atomic E-state index is -0.352. The zero-order chi connectivity index (χ0) is 19.3. The fourth-order valence-electron chi connectivity index (χ4n) is 2.44. The van der Waals surface area contributed by atoms with Crippen LogP contribution in [0, 0.1) is 0 Å². The second-order valence-corrected chi connectivity index (χ2v) is 7.19. The number of carbonyl (C=O) groups excluding carboxylic acids is 1. The van der Waals surface area contributed by atoms with Crippen molar-refractivity contribution in [2.75, 3.05) is 6.61 Å². The lowest BCUT2D eigenvalue weighted by molar-refractivity contribution is -0.147. The molecule has 0 fully saturated rings. The zero-order valence-corrected chi connectivity index (χ0v) is 17.3. The van der Waals surface area contributed by atoms with E-state index in [1.165, 1.54) is 64.2 Å². The molecule has 0 aliphatic heterocycles. The third-order valence-corrected chi connectivity index (χ3v) is 3.90. The van der Waals surface area contributed by atoms with Crippen LogP contribution in [0.15, 0.2) is 0 Å². The first-order valence-corrected chi connectivity index (χ1v) is 10.4. The van der Waals surface area contributed by atoms with Crippen LogP contribution in [0.2, 0.25) is 0 Å². The van der Waals surface area contributed by atoms with Crippen molar-refractivity contribution in [2.24, 2.45) is 0 Å². The molecule has 0 rings (SSSR count). The van der Waals surface area contributed by atoms with Crippen LogP contribution in [0.25, 0.3) is 0 Å². The van der Waals surface area contributed by atoms with Crippen molar-refractivity contribution in [3.8, 4) is 0 Å². The fourth-order valence-corrected chi connectivity index (χ4v) is 2.44. The molecule has 0 spiro atoms. The second-order valence-electron chi connectivity index (χ2n) is 7.19. The molecule has 0 bridgehead atoms. The molecule has 0 aromatic rings. The molecule has 0 radical (unpaired) electrons. The Morgan fingerprint density at radius 3 is 1.60 bits per heavy atom. The summed E-state index contributed by atoms with van der Waals surface area (Å²) in [7, 11) is 0. The predicted octanol–water partition coefficient (Wildman–Crippen LogP) is 5.39. The Hall–Kier alpha value is -0.610. The highest BCUT2D eigenvalue weighted by molar-refractivity contribution is 5.69. The van der Waals surface area contributed by atoms with Gasteiger partial charge in [0.05, 0.1) is 12.2 Å². The van der Waals surface area contributed by atoms with Gasteiger partial charge >= 0.3 is 5.97 Å². The van der Waals surface area contributed by atoms with Gasteiger partial charge < -0.3 is 14.9 Å². The van der Waals surface area contributed by atoms with E-state index in [0.29, 0.717) is 12.8 Å². The van der Waals surface area contributed by atoms with E-state index in [4.69, 9.17) is 14.9 Å². The summed E-state index contributed by atoms with van der Waals surface area (Å²) in [5, 5.41) is 16.5. The maximum atomic E-state index is 11.3. The maximum Gasteiger partial charge on any atom is 0.306 e. The lowest BCUT2D eigenvalue weighted by Gasteiger charge is -2.07. The lowest BCUT2D eigenvalue weighted by Crippen LogP contribution is -2.10. The Bertz CT molecular complexity index is 265. The van der Waals surface area contributed by atoms with Crippen molar-refractivity contribution in [3.05, 3.63) is 0 Å². The van der Waals surface area contributed by atoms with E-state index in [1.54, 1.807) is 6.92 Å². The normalized spacial score (nSPS) is 11.8. The number of aliphatic hydroxyl groups excluding tert-OH is 2. The predicted molar refractivity (Wildman–Crippen MR) is 106 cm³/mol. The highest BCUT2D eigenvalue weighted by atomic mass is 16.5. The summed E-state index contributed by atoms with van der Waals surface area (Å²) in [5.41, 5.74) is 0. The summed E-state index contributed by atoms with van der Waals surface area (Å²) in [6.07, 6.45) is 15.2. The van der Waals surface area contributed by atoms with Gasteiger partial charge in [-0.05, 0) is 33.6 Å². The number of hydrogen-bond donors (Lipinski definition) is 2. The molecular weight excluding hydrogens is 316 g/mol. The quantitative estimate of drug-likeness (QED) is 0.303. The molecule has 1 atom stereocenters. The average Bonchev–Trinajstić information content (AvgIpc) is 2.52. The van der Waals surface area contributed by atoms with Gasteiger partial charge in [-0.2, -0.15) is 0 Å². The Labute approximate surface area is 156 Å². The number of hydrogen-bond acceptors (Lipinski definition) is 4. The van der Waals surface area contributed by atoms with E-state index >= 15 is 0 Å². The van der Waals surface area contributed by atoms with Crippen LogP contribution in [0.1, 0.15) is 111 Å². The Morgan fingerprint density at radius 1 is 0.840 bits per heavy atom. The van der Waals surface area contributed by atoms with Crippen LogP contribution >= 0.6 is 0 Å². The van der Waals surface area contributed by atoms with E-state index < -0.39 is 0 Å². The van der Waals surface area contributed by atoms with Crippen LogP contribution in [0.4, 0.5) is 0 Å². The lowest BCUT2D eigenvalue weighted by atomic mass is 10.1. The van der Waals surface area contributed by atoms with Crippen molar-refractivity contribution in [2.45, 2.75) is 123 Å². The summed E-state index contributed by atoms with van der Waals surface area (Å²) >= 11 is 0. The van der Waals surface area contributed by atoms with Gasteiger partial charge in [0.25, 0.3) is 0 Å². The Kier molecular flexibility index (Phi) is 22.8. The standard InChI is InChI=1S/C17H34O2.C4H10O2/c1-4-5-6-7-8-9-10-11-12-13-14-15-17(18)19-16(2)3;1-4(6)2-3-5/h16H,4-15H2,1-3H3;4-6H,2-3H2,1H3. The molecule has 2 N–H and O–H groups in total. The number of ether oxygens (including phenoxy) is 1. The summed E-state index contributed by atoms with van der Waals surface area (Å²) in [4.78, 5) is 11.3. The molecule has 0 aliphatic carbocycles. The molecule has 0 heterocycles. The summed E-state index contributed by atoms with van der Waals surface area (Å²) < 4.78 is 5.10. The molecule has 0 saturated carbocycles. The van der Waals surface area contributed by atoms with Crippen molar-refractivity contribution in [1.29, 1.82) is 0 Å². The van der Waals surface area contributed by atoms with Crippen LogP contribution in [0.3, 0.4) is 0 Å². The molecule has 4 heteroatoms. The van der Waals surface area contributed by atoms with Gasteiger partial charge in [0.1, 0.15) is 0 Å². The maximum absolute atomic E-state index is 11.3. The minimum Gasteiger partial charge on any atom is -0.463 e. The van der Waals surface area contributed by atoms with E-state index in [2.05, 4.69) is 6.92 Å². The molecule has 152 valence electrons. The van der Waals surface area contributed by atoms with Gasteiger partial charge in [-0.1, -0.05) is 71.1 Å². The summed E-state index contributed by atoms with van der Waals surface area (Å²) in [6, 6.07) is 0. The highest BCUT2D eigenvalue weighted by Crippen LogP contribution is 2.12. The van der Waals surface area contributed by atoms with Gasteiger partial charge in [-0.25, -0.2) is 0 Å². The van der Waals surface area contributed by atoms with Gasteiger partial charge in [0.15, 0.2) is 0 Å². The van der Waals surface area contributed by atoms with Crippen LogP contribution < -0.4 is 0 Å². The molecular formula is C21H44O4.